The molecule has 0 bridgehead atoms. The molecule has 0 aliphatic carbocycles. The average Bonchev–Trinajstić information content (AvgIpc) is 3.28. The highest BCUT2D eigenvalue weighted by molar-refractivity contribution is 9.10. The summed E-state index contributed by atoms with van der Waals surface area (Å²) in [7, 11) is -2.11. The summed E-state index contributed by atoms with van der Waals surface area (Å²) < 4.78 is 37.4. The normalized spacial score (nSPS) is 14.3. The predicted molar refractivity (Wildman–Crippen MR) is 114 cm³/mol. The van der Waals surface area contributed by atoms with Gasteiger partial charge in [0, 0.05) is 23.2 Å². The molecule has 1 fully saturated rings. The van der Waals surface area contributed by atoms with Crippen LogP contribution in [0.25, 0.3) is 0 Å². The van der Waals surface area contributed by atoms with Crippen molar-refractivity contribution in [1.29, 1.82) is 0 Å². The van der Waals surface area contributed by atoms with Crippen LogP contribution in [0.2, 0.25) is 0 Å². The summed E-state index contributed by atoms with van der Waals surface area (Å²) in [5.74, 6) is -0.801. The molecule has 1 N–H and O–H groups in total. The summed E-state index contributed by atoms with van der Waals surface area (Å²) in [5.41, 5.74) is 0.528. The Morgan fingerprint density at radius 3 is 2.57 bits per heavy atom. The molecule has 0 radical (unpaired) electrons. The number of hydrogen-bond donors (Lipinski definition) is 1. The van der Waals surface area contributed by atoms with Crippen molar-refractivity contribution in [3.05, 3.63) is 52.5 Å². The molecular formula is C20H21BrN2O6S. The molecule has 10 heteroatoms. The number of rotatable bonds is 7. The van der Waals surface area contributed by atoms with Gasteiger partial charge in [0.05, 0.1) is 17.6 Å². The van der Waals surface area contributed by atoms with Crippen molar-refractivity contribution < 1.29 is 27.5 Å². The maximum Gasteiger partial charge on any atom is 0.339 e. The third kappa shape index (κ3) is 5.18. The van der Waals surface area contributed by atoms with Gasteiger partial charge in [0.25, 0.3) is 5.91 Å². The average molecular weight is 497 g/mol. The number of sulfonamides is 1. The third-order valence-electron chi connectivity index (χ3n) is 4.55. The molecule has 1 amide bonds. The van der Waals surface area contributed by atoms with Crippen molar-refractivity contribution in [1.82, 2.24) is 4.31 Å². The molecule has 0 spiro atoms. The van der Waals surface area contributed by atoms with Gasteiger partial charge in [-0.05, 0) is 65.2 Å². The summed E-state index contributed by atoms with van der Waals surface area (Å²) >= 11 is 3.26. The largest absolute Gasteiger partial charge is 0.497 e. The van der Waals surface area contributed by atoms with Gasteiger partial charge in [0.1, 0.15) is 5.75 Å². The Morgan fingerprint density at radius 2 is 1.87 bits per heavy atom. The molecule has 2 aromatic carbocycles. The Balaban J connectivity index is 1.62. The van der Waals surface area contributed by atoms with Gasteiger partial charge in [-0.3, -0.25) is 4.79 Å². The summed E-state index contributed by atoms with van der Waals surface area (Å²) in [4.78, 5) is 24.6. The minimum atomic E-state index is -3.59. The van der Waals surface area contributed by atoms with E-state index in [1.807, 2.05) is 0 Å². The number of amides is 1. The van der Waals surface area contributed by atoms with E-state index in [9.17, 15) is 18.0 Å². The van der Waals surface area contributed by atoms with Crippen LogP contribution in [0.15, 0.2) is 51.8 Å². The van der Waals surface area contributed by atoms with Crippen LogP contribution >= 0.6 is 15.9 Å². The Bertz CT molecular complexity index is 1050. The van der Waals surface area contributed by atoms with Crippen LogP contribution in [-0.4, -0.2) is 51.4 Å². The first-order valence-corrected chi connectivity index (χ1v) is 11.5. The van der Waals surface area contributed by atoms with Gasteiger partial charge < -0.3 is 14.8 Å². The SMILES string of the molecule is COc1ccc(Br)c(C(=O)OCC(=O)Nc2cccc(S(=O)(=O)N3CCCC3)c2)c1. The monoisotopic (exact) mass is 496 g/mol. The van der Waals surface area contributed by atoms with Crippen molar-refractivity contribution in [2.24, 2.45) is 0 Å². The van der Waals surface area contributed by atoms with Gasteiger partial charge in [-0.15, -0.1) is 0 Å². The second kappa shape index (κ2) is 9.59. The van der Waals surface area contributed by atoms with Crippen molar-refractivity contribution >= 4 is 43.5 Å². The predicted octanol–water partition coefficient (Wildman–Crippen LogP) is 3.04. The van der Waals surface area contributed by atoms with E-state index in [-0.39, 0.29) is 10.5 Å². The molecule has 0 aromatic heterocycles. The number of nitrogens with one attached hydrogen (secondary N) is 1. The molecule has 1 heterocycles. The third-order valence-corrected chi connectivity index (χ3v) is 7.13. The molecule has 0 unspecified atom stereocenters. The van der Waals surface area contributed by atoms with E-state index in [0.717, 1.165) is 12.8 Å². The molecule has 1 aliphatic rings. The number of esters is 1. The quantitative estimate of drug-likeness (QED) is 0.591. The van der Waals surface area contributed by atoms with E-state index in [4.69, 9.17) is 9.47 Å². The number of carbonyl (C=O) groups excluding carboxylic acids is 2. The lowest BCUT2D eigenvalue weighted by atomic mass is 10.2. The smallest absolute Gasteiger partial charge is 0.339 e. The molecule has 2 aromatic rings. The van der Waals surface area contributed by atoms with E-state index in [0.29, 0.717) is 29.0 Å². The molecule has 160 valence electrons. The summed E-state index contributed by atoms with van der Waals surface area (Å²) in [6.07, 6.45) is 1.68. The minimum absolute atomic E-state index is 0.111. The number of anilines is 1. The maximum absolute atomic E-state index is 12.7. The van der Waals surface area contributed by atoms with Crippen LogP contribution in [-0.2, 0) is 19.6 Å². The molecule has 1 saturated heterocycles. The topological polar surface area (TPSA) is 102 Å². The van der Waals surface area contributed by atoms with Gasteiger partial charge in [0.2, 0.25) is 10.0 Å². The highest BCUT2D eigenvalue weighted by Gasteiger charge is 2.27. The van der Waals surface area contributed by atoms with Crippen LogP contribution in [0.3, 0.4) is 0 Å². The Labute approximate surface area is 183 Å². The number of nitrogens with zero attached hydrogens (tertiary/aromatic N) is 1. The first-order valence-electron chi connectivity index (χ1n) is 9.22. The number of carbonyl (C=O) groups is 2. The molecule has 30 heavy (non-hydrogen) atoms. The minimum Gasteiger partial charge on any atom is -0.497 e. The van der Waals surface area contributed by atoms with Crippen molar-refractivity contribution in [3.8, 4) is 5.75 Å². The summed E-state index contributed by atoms with van der Waals surface area (Å²) in [5, 5.41) is 2.55. The van der Waals surface area contributed by atoms with Crippen LogP contribution in [0.4, 0.5) is 5.69 Å². The highest BCUT2D eigenvalue weighted by atomic mass is 79.9. The van der Waals surface area contributed by atoms with Gasteiger partial charge in [-0.25, -0.2) is 13.2 Å². The maximum atomic E-state index is 12.7. The van der Waals surface area contributed by atoms with E-state index in [2.05, 4.69) is 21.2 Å². The molecule has 3 rings (SSSR count). The zero-order chi connectivity index (χ0) is 21.7. The number of benzene rings is 2. The lowest BCUT2D eigenvalue weighted by Crippen LogP contribution is -2.28. The second-order valence-corrected chi connectivity index (χ2v) is 9.40. The fourth-order valence-electron chi connectivity index (χ4n) is 3.01. The van der Waals surface area contributed by atoms with Crippen LogP contribution < -0.4 is 10.1 Å². The number of methoxy groups -OCH3 is 1. The summed E-state index contributed by atoms with van der Waals surface area (Å²) in [6.45, 7) is 0.467. The molecule has 0 saturated carbocycles. The zero-order valence-corrected chi connectivity index (χ0v) is 18.7. The van der Waals surface area contributed by atoms with E-state index < -0.39 is 28.5 Å². The van der Waals surface area contributed by atoms with Crippen LogP contribution in [0, 0.1) is 0 Å². The van der Waals surface area contributed by atoms with Gasteiger partial charge in [0.15, 0.2) is 6.61 Å². The first kappa shape index (κ1) is 22.3. The second-order valence-electron chi connectivity index (χ2n) is 6.61. The van der Waals surface area contributed by atoms with Crippen molar-refractivity contribution in [3.63, 3.8) is 0 Å². The fraction of sp³-hybridized carbons (Fsp3) is 0.300. The van der Waals surface area contributed by atoms with E-state index in [1.54, 1.807) is 24.3 Å². The first-order chi connectivity index (χ1) is 14.3. The molecular weight excluding hydrogens is 476 g/mol. The Kier molecular flexibility index (Phi) is 7.11. The standard InChI is InChI=1S/C20H21BrN2O6S/c1-28-15-7-8-18(21)17(12-15)20(25)29-13-19(24)22-14-5-4-6-16(11-14)30(26,27)23-9-2-3-10-23/h4-8,11-12H,2-3,9-10,13H2,1H3,(H,22,24). The van der Waals surface area contributed by atoms with Gasteiger partial charge in [-0.2, -0.15) is 4.31 Å². The zero-order valence-electron chi connectivity index (χ0n) is 16.3. The lowest BCUT2D eigenvalue weighted by molar-refractivity contribution is -0.119. The van der Waals surface area contributed by atoms with Gasteiger partial charge >= 0.3 is 5.97 Å². The number of ether oxygens (including phenoxy) is 2. The van der Waals surface area contributed by atoms with E-state index in [1.165, 1.54) is 29.6 Å². The summed E-state index contributed by atoms with van der Waals surface area (Å²) in [6, 6.07) is 10.8. The number of halogens is 1. The van der Waals surface area contributed by atoms with Gasteiger partial charge in [-0.1, -0.05) is 6.07 Å². The van der Waals surface area contributed by atoms with E-state index >= 15 is 0 Å². The Hall–Kier alpha value is -2.43. The fourth-order valence-corrected chi connectivity index (χ4v) is 4.98. The van der Waals surface area contributed by atoms with Crippen LogP contribution in [0.1, 0.15) is 23.2 Å². The highest BCUT2D eigenvalue weighted by Crippen LogP contribution is 2.24. The van der Waals surface area contributed by atoms with Crippen molar-refractivity contribution in [2.45, 2.75) is 17.7 Å². The molecule has 1 aliphatic heterocycles. The number of hydrogen-bond acceptors (Lipinski definition) is 6. The Morgan fingerprint density at radius 1 is 1.13 bits per heavy atom. The molecule has 8 nitrogen and oxygen atoms in total. The lowest BCUT2D eigenvalue weighted by Gasteiger charge is -2.16. The molecule has 0 atom stereocenters. The van der Waals surface area contributed by atoms with Crippen molar-refractivity contribution in [2.75, 3.05) is 32.1 Å². The van der Waals surface area contributed by atoms with Crippen LogP contribution in [0.5, 0.6) is 5.75 Å².